The molecule has 0 aromatic carbocycles. The Morgan fingerprint density at radius 1 is 1.75 bits per heavy atom. The first-order valence-electron chi connectivity index (χ1n) is 4.08. The molecule has 0 amide bonds. The smallest absolute Gasteiger partial charge is 0.105 e. The second-order valence-corrected chi connectivity index (χ2v) is 2.90. The van der Waals surface area contributed by atoms with Gasteiger partial charge >= 0.3 is 0 Å². The molecule has 1 atom stereocenters. The highest BCUT2D eigenvalue weighted by molar-refractivity contribution is 4.88. The number of aromatic nitrogens is 2. The van der Waals surface area contributed by atoms with E-state index in [2.05, 4.69) is 4.98 Å². The van der Waals surface area contributed by atoms with E-state index in [9.17, 15) is 0 Å². The first-order valence-corrected chi connectivity index (χ1v) is 4.08. The molecule has 1 heterocycles. The molecule has 68 valence electrons. The molecule has 0 spiro atoms. The number of imidazole rings is 1. The highest BCUT2D eigenvalue weighted by atomic mass is 16.3. The molecular formula is C8H15N3O. The van der Waals surface area contributed by atoms with Gasteiger partial charge in [0, 0.05) is 25.0 Å². The molecule has 0 bridgehead atoms. The van der Waals surface area contributed by atoms with E-state index < -0.39 is 0 Å². The van der Waals surface area contributed by atoms with Crippen molar-refractivity contribution in [3.8, 4) is 0 Å². The van der Waals surface area contributed by atoms with E-state index >= 15 is 0 Å². The van der Waals surface area contributed by atoms with Crippen molar-refractivity contribution in [2.45, 2.75) is 25.9 Å². The van der Waals surface area contributed by atoms with Crippen molar-refractivity contribution in [3.05, 3.63) is 18.2 Å². The Morgan fingerprint density at radius 3 is 3.00 bits per heavy atom. The lowest BCUT2D eigenvalue weighted by Crippen LogP contribution is -2.25. The number of hydrogen-bond donors (Lipinski definition) is 2. The maximum Gasteiger partial charge on any atom is 0.105 e. The minimum absolute atomic E-state index is 0.0493. The molecule has 3 N–H and O–H groups in total. The van der Waals surface area contributed by atoms with Crippen LogP contribution in [0.2, 0.25) is 0 Å². The van der Waals surface area contributed by atoms with E-state index in [0.717, 1.165) is 18.8 Å². The van der Waals surface area contributed by atoms with E-state index in [-0.39, 0.29) is 12.6 Å². The first-order chi connectivity index (χ1) is 5.74. The fraction of sp³-hybridized carbons (Fsp3) is 0.625. The number of aliphatic hydroxyl groups is 1. The van der Waals surface area contributed by atoms with Crippen LogP contribution in [-0.4, -0.2) is 27.3 Å². The Bertz CT molecular complexity index is 234. The number of nitrogens with zero attached hydrogens (tertiary/aromatic N) is 2. The van der Waals surface area contributed by atoms with E-state index in [1.54, 1.807) is 6.20 Å². The summed E-state index contributed by atoms with van der Waals surface area (Å²) in [7, 11) is 0. The van der Waals surface area contributed by atoms with Crippen LogP contribution in [0.1, 0.15) is 12.2 Å². The van der Waals surface area contributed by atoms with E-state index in [1.165, 1.54) is 0 Å². The molecule has 1 unspecified atom stereocenters. The van der Waals surface area contributed by atoms with Gasteiger partial charge in [-0.2, -0.15) is 0 Å². The summed E-state index contributed by atoms with van der Waals surface area (Å²) in [6.07, 6.45) is 4.47. The van der Waals surface area contributed by atoms with Gasteiger partial charge in [0.2, 0.25) is 0 Å². The topological polar surface area (TPSA) is 64.1 Å². The van der Waals surface area contributed by atoms with Crippen molar-refractivity contribution < 1.29 is 5.11 Å². The zero-order valence-electron chi connectivity index (χ0n) is 7.27. The van der Waals surface area contributed by atoms with E-state index in [0.29, 0.717) is 0 Å². The number of nitrogens with two attached hydrogens (primary N) is 1. The van der Waals surface area contributed by atoms with Crippen molar-refractivity contribution in [2.24, 2.45) is 5.73 Å². The summed E-state index contributed by atoms with van der Waals surface area (Å²) in [6, 6.07) is -0.119. The first kappa shape index (κ1) is 9.22. The minimum Gasteiger partial charge on any atom is -0.395 e. The second kappa shape index (κ2) is 4.23. The molecule has 1 aromatic rings. The van der Waals surface area contributed by atoms with Gasteiger partial charge in [-0.3, -0.25) is 0 Å². The second-order valence-electron chi connectivity index (χ2n) is 2.90. The average Bonchev–Trinajstić information content (AvgIpc) is 2.47. The van der Waals surface area contributed by atoms with Gasteiger partial charge in [0.1, 0.15) is 5.82 Å². The molecule has 0 saturated heterocycles. The van der Waals surface area contributed by atoms with Gasteiger partial charge in [-0.1, -0.05) is 0 Å². The maximum atomic E-state index is 8.68. The third-order valence-corrected chi connectivity index (χ3v) is 1.90. The van der Waals surface area contributed by atoms with Crippen LogP contribution in [0.15, 0.2) is 12.4 Å². The molecule has 4 nitrogen and oxygen atoms in total. The summed E-state index contributed by atoms with van der Waals surface area (Å²) in [5.74, 6) is 0.986. The Labute approximate surface area is 72.0 Å². The maximum absolute atomic E-state index is 8.68. The molecule has 1 rings (SSSR count). The lowest BCUT2D eigenvalue weighted by Gasteiger charge is -2.08. The van der Waals surface area contributed by atoms with Crippen LogP contribution in [0.3, 0.4) is 0 Å². The van der Waals surface area contributed by atoms with Gasteiger partial charge in [-0.15, -0.1) is 0 Å². The lowest BCUT2D eigenvalue weighted by atomic mass is 10.2. The van der Waals surface area contributed by atoms with Crippen LogP contribution >= 0.6 is 0 Å². The van der Waals surface area contributed by atoms with Crippen LogP contribution in [0.4, 0.5) is 0 Å². The zero-order chi connectivity index (χ0) is 8.97. The van der Waals surface area contributed by atoms with Gasteiger partial charge in [0.05, 0.1) is 6.61 Å². The quantitative estimate of drug-likeness (QED) is 0.661. The van der Waals surface area contributed by atoms with Gasteiger partial charge in [0.25, 0.3) is 0 Å². The fourth-order valence-corrected chi connectivity index (χ4v) is 1.04. The van der Waals surface area contributed by atoms with Crippen molar-refractivity contribution in [3.63, 3.8) is 0 Å². The van der Waals surface area contributed by atoms with Gasteiger partial charge in [0.15, 0.2) is 0 Å². The summed E-state index contributed by atoms with van der Waals surface area (Å²) >= 11 is 0. The molecule has 0 aliphatic heterocycles. The molecule has 12 heavy (non-hydrogen) atoms. The van der Waals surface area contributed by atoms with Crippen LogP contribution in [-0.2, 0) is 6.54 Å². The molecule has 0 saturated carbocycles. The summed E-state index contributed by atoms with van der Waals surface area (Å²) < 4.78 is 2.02. The SMILES string of the molecule is Cc1nccn1CCC(N)CO. The Hall–Kier alpha value is -0.870. The zero-order valence-corrected chi connectivity index (χ0v) is 7.27. The van der Waals surface area contributed by atoms with Crippen LogP contribution < -0.4 is 5.73 Å². The van der Waals surface area contributed by atoms with Crippen molar-refractivity contribution in [2.75, 3.05) is 6.61 Å². The molecule has 0 fully saturated rings. The van der Waals surface area contributed by atoms with Crippen LogP contribution in [0.5, 0.6) is 0 Å². The molecular weight excluding hydrogens is 154 g/mol. The monoisotopic (exact) mass is 169 g/mol. The lowest BCUT2D eigenvalue weighted by molar-refractivity contribution is 0.256. The van der Waals surface area contributed by atoms with E-state index in [1.807, 2.05) is 17.7 Å². The molecule has 0 aliphatic carbocycles. The van der Waals surface area contributed by atoms with Crippen molar-refractivity contribution >= 4 is 0 Å². The number of aliphatic hydroxyl groups excluding tert-OH is 1. The highest BCUT2D eigenvalue weighted by Crippen LogP contribution is 1.98. The van der Waals surface area contributed by atoms with Crippen molar-refractivity contribution in [1.82, 2.24) is 9.55 Å². The molecule has 0 aliphatic rings. The average molecular weight is 169 g/mol. The highest BCUT2D eigenvalue weighted by Gasteiger charge is 2.01. The standard InChI is InChI=1S/C8H15N3O/c1-7-10-3-5-11(7)4-2-8(9)6-12/h3,5,8,12H,2,4,6,9H2,1H3. The van der Waals surface area contributed by atoms with Gasteiger partial charge in [-0.05, 0) is 13.3 Å². The Morgan fingerprint density at radius 2 is 2.50 bits per heavy atom. The predicted octanol–water partition coefficient (Wildman–Crippen LogP) is -0.0988. The third-order valence-electron chi connectivity index (χ3n) is 1.90. The molecule has 4 heteroatoms. The molecule has 1 aromatic heterocycles. The molecule has 0 radical (unpaired) electrons. The van der Waals surface area contributed by atoms with Gasteiger partial charge in [-0.25, -0.2) is 4.98 Å². The van der Waals surface area contributed by atoms with Crippen molar-refractivity contribution in [1.29, 1.82) is 0 Å². The fourth-order valence-electron chi connectivity index (χ4n) is 1.04. The van der Waals surface area contributed by atoms with Crippen LogP contribution in [0, 0.1) is 6.92 Å². The Balaban J connectivity index is 2.38. The summed E-state index contributed by atoms with van der Waals surface area (Å²) in [4.78, 5) is 4.08. The number of hydrogen-bond acceptors (Lipinski definition) is 3. The normalized spacial score (nSPS) is 13.2. The Kier molecular flexibility index (Phi) is 3.25. The summed E-state index contributed by atoms with van der Waals surface area (Å²) in [5, 5.41) is 8.68. The van der Waals surface area contributed by atoms with Crippen LogP contribution in [0.25, 0.3) is 0 Å². The minimum atomic E-state index is -0.119. The predicted molar refractivity (Wildman–Crippen MR) is 46.6 cm³/mol. The van der Waals surface area contributed by atoms with E-state index in [4.69, 9.17) is 10.8 Å². The summed E-state index contributed by atoms with van der Waals surface area (Å²) in [5.41, 5.74) is 5.56. The summed E-state index contributed by atoms with van der Waals surface area (Å²) in [6.45, 7) is 2.83. The number of rotatable bonds is 4. The third kappa shape index (κ3) is 2.32. The van der Waals surface area contributed by atoms with Gasteiger partial charge < -0.3 is 15.4 Å². The number of aryl methyl sites for hydroxylation is 2. The largest absolute Gasteiger partial charge is 0.395 e.